The summed E-state index contributed by atoms with van der Waals surface area (Å²) in [6.45, 7) is 0. The van der Waals surface area contributed by atoms with Gasteiger partial charge in [0.05, 0.1) is 5.69 Å². The third kappa shape index (κ3) is 4.46. The summed E-state index contributed by atoms with van der Waals surface area (Å²) in [7, 11) is 0. The molecule has 0 amide bonds. The molecule has 0 aliphatic heterocycles. The molecule has 0 saturated heterocycles. The van der Waals surface area contributed by atoms with Gasteiger partial charge < -0.3 is 4.90 Å². The van der Waals surface area contributed by atoms with Gasteiger partial charge in [0.1, 0.15) is 0 Å². The van der Waals surface area contributed by atoms with E-state index in [1.807, 2.05) is 11.3 Å². The minimum Gasteiger partial charge on any atom is -0.310 e. The van der Waals surface area contributed by atoms with Gasteiger partial charge in [-0.05, 0) is 80.7 Å². The molecule has 0 N–H and O–H groups in total. The SMILES string of the molecule is c1ccc(-c2ccc(N(c3ccc4ccc5ccc6sc7ccccc7c6c5c4c3)c3ccccc3-c3ccccc3)cc2)cc1. The zero-order valence-corrected chi connectivity index (χ0v) is 25.9. The number of fused-ring (bicyclic) bond motifs is 7. The molecular weight excluding hydrogens is 575 g/mol. The van der Waals surface area contributed by atoms with Crippen molar-refractivity contribution in [2.24, 2.45) is 0 Å². The fraction of sp³-hybridized carbons (Fsp3) is 0. The number of rotatable bonds is 5. The van der Waals surface area contributed by atoms with E-state index in [2.05, 4.69) is 181 Å². The van der Waals surface area contributed by atoms with Crippen molar-refractivity contribution < 1.29 is 0 Å². The average molecular weight is 604 g/mol. The molecule has 1 nitrogen and oxygen atoms in total. The molecular formula is C44H29NS. The maximum Gasteiger partial charge on any atom is 0.0540 e. The van der Waals surface area contributed by atoms with Crippen LogP contribution in [0.25, 0.3) is 64.0 Å². The van der Waals surface area contributed by atoms with Crippen molar-refractivity contribution in [1.29, 1.82) is 0 Å². The number of benzene rings is 8. The lowest BCUT2D eigenvalue weighted by atomic mass is 9.96. The Hall–Kier alpha value is -5.70. The second-order valence-electron chi connectivity index (χ2n) is 11.7. The van der Waals surface area contributed by atoms with E-state index >= 15 is 0 Å². The van der Waals surface area contributed by atoms with Crippen LogP contribution < -0.4 is 4.90 Å². The predicted octanol–water partition coefficient (Wildman–Crippen LogP) is 13.2. The molecule has 0 spiro atoms. The summed E-state index contributed by atoms with van der Waals surface area (Å²) in [4.78, 5) is 2.42. The van der Waals surface area contributed by atoms with Crippen molar-refractivity contribution in [3.05, 3.63) is 176 Å². The molecule has 0 unspecified atom stereocenters. The number of anilines is 3. The third-order valence-corrected chi connectivity index (χ3v) is 10.2. The summed E-state index contributed by atoms with van der Waals surface area (Å²) in [6, 6.07) is 63.9. The Bertz CT molecular complexity index is 2510. The Labute approximate surface area is 272 Å². The van der Waals surface area contributed by atoms with Crippen molar-refractivity contribution in [3.63, 3.8) is 0 Å². The summed E-state index contributed by atoms with van der Waals surface area (Å²) in [5.41, 5.74) is 8.21. The van der Waals surface area contributed by atoms with Crippen LogP contribution in [0.1, 0.15) is 0 Å². The van der Waals surface area contributed by atoms with Gasteiger partial charge in [0.2, 0.25) is 0 Å². The first kappa shape index (κ1) is 26.7. The monoisotopic (exact) mass is 603 g/mol. The van der Waals surface area contributed by atoms with Crippen molar-refractivity contribution in [2.45, 2.75) is 0 Å². The lowest BCUT2D eigenvalue weighted by molar-refractivity contribution is 1.29. The summed E-state index contributed by atoms with van der Waals surface area (Å²) in [5.74, 6) is 0. The molecule has 9 rings (SSSR count). The highest BCUT2D eigenvalue weighted by molar-refractivity contribution is 7.26. The Morgan fingerprint density at radius 1 is 0.370 bits per heavy atom. The molecule has 1 heterocycles. The van der Waals surface area contributed by atoms with Crippen LogP contribution in [-0.2, 0) is 0 Å². The van der Waals surface area contributed by atoms with Crippen LogP contribution in [0.2, 0.25) is 0 Å². The van der Waals surface area contributed by atoms with Gasteiger partial charge in [0.25, 0.3) is 0 Å². The van der Waals surface area contributed by atoms with Crippen LogP contribution in [0.15, 0.2) is 176 Å². The largest absolute Gasteiger partial charge is 0.310 e. The molecule has 0 saturated carbocycles. The van der Waals surface area contributed by atoms with Crippen LogP contribution in [-0.4, -0.2) is 0 Å². The fourth-order valence-corrected chi connectivity index (χ4v) is 7.99. The van der Waals surface area contributed by atoms with Crippen molar-refractivity contribution in [2.75, 3.05) is 4.90 Å². The maximum absolute atomic E-state index is 2.42. The molecule has 0 fully saturated rings. The van der Waals surface area contributed by atoms with E-state index in [1.54, 1.807) is 0 Å². The highest BCUT2D eigenvalue weighted by Crippen LogP contribution is 2.45. The van der Waals surface area contributed by atoms with E-state index in [9.17, 15) is 0 Å². The van der Waals surface area contributed by atoms with Gasteiger partial charge in [-0.3, -0.25) is 0 Å². The molecule has 0 aliphatic carbocycles. The molecule has 216 valence electrons. The van der Waals surface area contributed by atoms with Gasteiger partial charge in [-0.1, -0.05) is 133 Å². The standard InChI is InChI=1S/C44H29NS/c1-3-11-30(12-4-1)31-21-25-35(26-22-31)45(40-17-9-7-15-37(40)32-13-5-2-6-14-32)36-27-23-33-19-20-34-24-28-42-44(43(34)39(33)29-36)38-16-8-10-18-41(38)46-42/h1-29H. The molecule has 9 aromatic rings. The van der Waals surface area contributed by atoms with E-state index in [-0.39, 0.29) is 0 Å². The Morgan fingerprint density at radius 3 is 1.80 bits per heavy atom. The van der Waals surface area contributed by atoms with E-state index in [0.29, 0.717) is 0 Å². The first-order chi connectivity index (χ1) is 22.8. The Kier molecular flexibility index (Phi) is 6.40. The quantitative estimate of drug-likeness (QED) is 0.177. The first-order valence-electron chi connectivity index (χ1n) is 15.7. The van der Waals surface area contributed by atoms with Crippen LogP contribution >= 0.6 is 11.3 Å². The number of hydrogen-bond donors (Lipinski definition) is 0. The normalized spacial score (nSPS) is 11.5. The zero-order valence-electron chi connectivity index (χ0n) is 25.1. The van der Waals surface area contributed by atoms with Gasteiger partial charge >= 0.3 is 0 Å². The minimum atomic E-state index is 1.12. The van der Waals surface area contributed by atoms with Gasteiger partial charge in [-0.15, -0.1) is 11.3 Å². The number of thiophene rings is 1. The molecule has 46 heavy (non-hydrogen) atoms. The number of para-hydroxylation sites is 1. The highest BCUT2D eigenvalue weighted by atomic mass is 32.1. The zero-order chi connectivity index (χ0) is 30.5. The van der Waals surface area contributed by atoms with Gasteiger partial charge in [0, 0.05) is 37.1 Å². The second-order valence-corrected chi connectivity index (χ2v) is 12.8. The molecule has 0 aliphatic rings. The van der Waals surface area contributed by atoms with Crippen molar-refractivity contribution in [1.82, 2.24) is 0 Å². The average Bonchev–Trinajstić information content (AvgIpc) is 3.52. The predicted molar refractivity (Wildman–Crippen MR) is 200 cm³/mol. The Morgan fingerprint density at radius 2 is 0.978 bits per heavy atom. The van der Waals surface area contributed by atoms with Crippen LogP contribution in [0.5, 0.6) is 0 Å². The fourth-order valence-electron chi connectivity index (χ4n) is 6.88. The summed E-state index contributed by atoms with van der Waals surface area (Å²) in [6.07, 6.45) is 0. The molecule has 1 aromatic heterocycles. The summed E-state index contributed by atoms with van der Waals surface area (Å²) < 4.78 is 2.66. The summed E-state index contributed by atoms with van der Waals surface area (Å²) >= 11 is 1.88. The second kappa shape index (κ2) is 11.0. The van der Waals surface area contributed by atoms with Gasteiger partial charge in [0.15, 0.2) is 0 Å². The highest BCUT2D eigenvalue weighted by Gasteiger charge is 2.19. The smallest absolute Gasteiger partial charge is 0.0540 e. The molecule has 0 bridgehead atoms. The van der Waals surface area contributed by atoms with Crippen LogP contribution in [0.4, 0.5) is 17.1 Å². The van der Waals surface area contributed by atoms with Gasteiger partial charge in [-0.2, -0.15) is 0 Å². The van der Waals surface area contributed by atoms with E-state index in [4.69, 9.17) is 0 Å². The summed E-state index contributed by atoms with van der Waals surface area (Å²) in [5, 5.41) is 7.79. The molecule has 0 atom stereocenters. The van der Waals surface area contributed by atoms with E-state index in [1.165, 1.54) is 64.0 Å². The van der Waals surface area contributed by atoms with E-state index in [0.717, 1.165) is 17.1 Å². The van der Waals surface area contributed by atoms with Gasteiger partial charge in [-0.25, -0.2) is 0 Å². The van der Waals surface area contributed by atoms with E-state index < -0.39 is 0 Å². The topological polar surface area (TPSA) is 3.24 Å². The van der Waals surface area contributed by atoms with Crippen molar-refractivity contribution >= 4 is 70.1 Å². The van der Waals surface area contributed by atoms with Crippen LogP contribution in [0.3, 0.4) is 0 Å². The molecule has 8 aromatic carbocycles. The lowest BCUT2D eigenvalue weighted by Gasteiger charge is -2.28. The molecule has 0 radical (unpaired) electrons. The number of hydrogen-bond acceptors (Lipinski definition) is 2. The van der Waals surface area contributed by atoms with Crippen LogP contribution in [0, 0.1) is 0 Å². The first-order valence-corrected chi connectivity index (χ1v) is 16.5. The molecule has 2 heteroatoms. The third-order valence-electron chi connectivity index (χ3n) is 9.04. The van der Waals surface area contributed by atoms with Crippen molar-refractivity contribution in [3.8, 4) is 22.3 Å². The lowest BCUT2D eigenvalue weighted by Crippen LogP contribution is -2.11. The maximum atomic E-state index is 2.42. The number of nitrogens with zero attached hydrogens (tertiary/aromatic N) is 1. The minimum absolute atomic E-state index is 1.12. The Balaban J connectivity index is 1.31.